The van der Waals surface area contributed by atoms with Crippen LogP contribution >= 0.6 is 67.2 Å². The molecule has 0 atom stereocenters. The van der Waals surface area contributed by atoms with E-state index in [0.29, 0.717) is 19.8 Å². The summed E-state index contributed by atoms with van der Waals surface area (Å²) >= 11 is 20.3. The van der Waals surface area contributed by atoms with Gasteiger partial charge in [-0.3, -0.25) is 0 Å². The van der Waals surface area contributed by atoms with Gasteiger partial charge in [-0.1, -0.05) is 12.1 Å². The van der Waals surface area contributed by atoms with Crippen LogP contribution in [-0.4, -0.2) is 36.1 Å². The summed E-state index contributed by atoms with van der Waals surface area (Å²) in [6.07, 6.45) is 0. The van der Waals surface area contributed by atoms with Gasteiger partial charge in [0, 0.05) is 35.1 Å². The van der Waals surface area contributed by atoms with E-state index in [9.17, 15) is 0 Å². The van der Waals surface area contributed by atoms with Gasteiger partial charge in [-0.2, -0.15) is 0 Å². The summed E-state index contributed by atoms with van der Waals surface area (Å²) < 4.78 is 15.7. The Labute approximate surface area is 202 Å². The maximum absolute atomic E-state index is 5.22. The maximum atomic E-state index is 5.22. The molecule has 3 heterocycles. The van der Waals surface area contributed by atoms with Crippen LogP contribution in [-0.2, 0) is 13.3 Å². The van der Waals surface area contributed by atoms with Gasteiger partial charge >= 0.3 is 16.3 Å². The molecule has 3 aromatic heterocycles. The first-order chi connectivity index (χ1) is 14.0. The van der Waals surface area contributed by atoms with Crippen molar-refractivity contribution in [2.45, 2.75) is 20.8 Å². The van der Waals surface area contributed by atoms with Gasteiger partial charge in [-0.15, -0.1) is 67.2 Å². The van der Waals surface area contributed by atoms with E-state index < -0.39 is 16.3 Å². The van der Waals surface area contributed by atoms with E-state index in [1.807, 2.05) is 43.4 Å². The molecule has 0 saturated heterocycles. The van der Waals surface area contributed by atoms with Crippen LogP contribution in [0.1, 0.15) is 20.8 Å². The highest BCUT2D eigenvalue weighted by Gasteiger charge is 2.11. The van der Waals surface area contributed by atoms with Crippen molar-refractivity contribution >= 4 is 83.5 Å². The van der Waals surface area contributed by atoms with Crippen molar-refractivity contribution in [3.8, 4) is 20.2 Å². The molecular weight excluding hydrogens is 523 g/mol. The topological polar surface area (TPSA) is 27.7 Å². The van der Waals surface area contributed by atoms with Crippen LogP contribution in [0.15, 0.2) is 46.5 Å². The molecule has 11 heteroatoms. The van der Waals surface area contributed by atoms with Crippen LogP contribution in [0.3, 0.4) is 0 Å². The lowest BCUT2D eigenvalue weighted by Crippen LogP contribution is -2.27. The normalized spacial score (nSPS) is 10.5. The Morgan fingerprint density at radius 3 is 1.62 bits per heavy atom. The largest absolute Gasteiger partial charge is 0.484 e. The van der Waals surface area contributed by atoms with Crippen molar-refractivity contribution in [2.24, 2.45) is 0 Å². The molecule has 3 aromatic rings. The zero-order valence-electron chi connectivity index (χ0n) is 16.5. The highest BCUT2D eigenvalue weighted by atomic mass is 35.8. The van der Waals surface area contributed by atoms with Gasteiger partial charge in [-0.05, 0) is 55.1 Å². The van der Waals surface area contributed by atoms with Crippen molar-refractivity contribution < 1.29 is 13.3 Å². The van der Waals surface area contributed by atoms with E-state index in [2.05, 4.69) is 46.5 Å². The zero-order valence-corrected chi connectivity index (χ0v) is 23.5. The van der Waals surface area contributed by atoms with Gasteiger partial charge < -0.3 is 13.3 Å². The summed E-state index contributed by atoms with van der Waals surface area (Å²) in [5.74, 6) is 0. The molecule has 0 saturated carbocycles. The predicted octanol–water partition coefficient (Wildman–Crippen LogP) is 7.44. The minimum absolute atomic E-state index is 0.677. The fourth-order valence-electron chi connectivity index (χ4n) is 2.09. The van der Waals surface area contributed by atoms with Crippen molar-refractivity contribution in [1.82, 2.24) is 0 Å². The van der Waals surface area contributed by atoms with Gasteiger partial charge in [0.25, 0.3) is 0 Å². The fraction of sp³-hybridized carbons (Fsp3) is 0.333. The molecule has 0 N–H and O–H groups in total. The molecular formula is C18H25Cl3O3S3Si2. The summed E-state index contributed by atoms with van der Waals surface area (Å²) in [5, 5.41) is 6.43. The van der Waals surface area contributed by atoms with Gasteiger partial charge in [0.05, 0.1) is 4.88 Å². The minimum atomic E-state index is -1.73. The molecule has 0 spiro atoms. The summed E-state index contributed by atoms with van der Waals surface area (Å²) in [6, 6.07) is 10.8. The predicted molar refractivity (Wildman–Crippen MR) is 138 cm³/mol. The van der Waals surface area contributed by atoms with E-state index in [0.717, 1.165) is 0 Å². The Balaban J connectivity index is 0.000000262. The average molecular weight is 548 g/mol. The van der Waals surface area contributed by atoms with Crippen LogP contribution in [0.25, 0.3) is 20.2 Å². The lowest BCUT2D eigenvalue weighted by Gasteiger charge is -2.12. The monoisotopic (exact) mass is 546 g/mol. The highest BCUT2D eigenvalue weighted by Crippen LogP contribution is 2.40. The molecule has 162 valence electrons. The Morgan fingerprint density at radius 2 is 1.21 bits per heavy atom. The van der Waals surface area contributed by atoms with Crippen LogP contribution in [0, 0.1) is 0 Å². The SMILES string of the molecule is CCO[SiH](OCC)OCC.Cl[SiH](Cl)Cl.c1csc(-c2ccsc2-c2cccs2)c1. The minimum Gasteiger partial charge on any atom is -0.376 e. The van der Waals surface area contributed by atoms with E-state index >= 15 is 0 Å². The van der Waals surface area contributed by atoms with Gasteiger partial charge in [0.1, 0.15) is 0 Å². The van der Waals surface area contributed by atoms with Crippen LogP contribution < -0.4 is 0 Å². The maximum Gasteiger partial charge on any atom is 0.484 e. The van der Waals surface area contributed by atoms with E-state index in [-0.39, 0.29) is 0 Å². The third-order valence-corrected chi connectivity index (χ3v) is 7.79. The zero-order chi connectivity index (χ0) is 21.5. The Morgan fingerprint density at radius 1 is 0.724 bits per heavy atom. The molecule has 0 aliphatic carbocycles. The first kappa shape index (κ1) is 27.3. The van der Waals surface area contributed by atoms with E-state index in [1.54, 1.807) is 11.3 Å². The first-order valence-electron chi connectivity index (χ1n) is 8.95. The van der Waals surface area contributed by atoms with Crippen LogP contribution in [0.2, 0.25) is 0 Å². The second-order valence-electron chi connectivity index (χ2n) is 5.02. The van der Waals surface area contributed by atoms with Gasteiger partial charge in [-0.25, -0.2) is 0 Å². The Hall–Kier alpha value is 0.284. The standard InChI is InChI=1S/C12H8S3.C6H16O3Si.Cl3HSi/c1-3-10(13-6-1)9-5-8-15-12(9)11-4-2-7-14-11;1-4-7-10(8-5-2)9-6-3;1-4(2)3/h1-8H;10H,4-6H2,1-3H3;4H. The van der Waals surface area contributed by atoms with Crippen LogP contribution in [0.4, 0.5) is 0 Å². The fourth-order valence-corrected chi connectivity index (χ4v) is 5.81. The first-order valence-corrected chi connectivity index (χ1v) is 18.2. The molecule has 0 bridgehead atoms. The number of rotatable bonds is 8. The summed E-state index contributed by atoms with van der Waals surface area (Å²) in [4.78, 5) is 4.13. The van der Waals surface area contributed by atoms with Crippen molar-refractivity contribution in [1.29, 1.82) is 0 Å². The molecule has 3 rings (SSSR count). The van der Waals surface area contributed by atoms with E-state index in [4.69, 9.17) is 46.5 Å². The van der Waals surface area contributed by atoms with Gasteiger partial charge in [0.2, 0.25) is 0 Å². The molecule has 0 fully saturated rings. The van der Waals surface area contributed by atoms with Crippen molar-refractivity contribution in [2.75, 3.05) is 19.8 Å². The molecule has 0 aliphatic heterocycles. The third-order valence-electron chi connectivity index (χ3n) is 3.11. The molecule has 0 aliphatic rings. The number of hydrogen-bond donors (Lipinski definition) is 0. The molecule has 0 unspecified atom stereocenters. The molecule has 0 radical (unpaired) electrons. The summed E-state index contributed by atoms with van der Waals surface area (Å²) in [5.41, 5.74) is 1.37. The highest BCUT2D eigenvalue weighted by molar-refractivity contribution is 7.54. The molecule has 29 heavy (non-hydrogen) atoms. The smallest absolute Gasteiger partial charge is 0.376 e. The van der Waals surface area contributed by atoms with Crippen LogP contribution in [0.5, 0.6) is 0 Å². The third kappa shape index (κ3) is 11.5. The van der Waals surface area contributed by atoms with E-state index in [1.165, 1.54) is 20.2 Å². The average Bonchev–Trinajstić information content (AvgIpc) is 3.42. The Kier molecular flexibility index (Phi) is 15.9. The quantitative estimate of drug-likeness (QED) is 0.217. The lowest BCUT2D eigenvalue weighted by molar-refractivity contribution is 0.107. The number of thiophene rings is 3. The van der Waals surface area contributed by atoms with Crippen molar-refractivity contribution in [3.05, 3.63) is 46.5 Å². The summed E-state index contributed by atoms with van der Waals surface area (Å²) in [6.45, 7) is 6.14. The number of halogens is 3. The van der Waals surface area contributed by atoms with Gasteiger partial charge in [0.15, 0.2) is 0 Å². The Bertz CT molecular complexity index is 675. The summed E-state index contributed by atoms with van der Waals surface area (Å²) in [7, 11) is -1.73. The number of hydrogen-bond acceptors (Lipinski definition) is 6. The molecule has 3 nitrogen and oxygen atoms in total. The van der Waals surface area contributed by atoms with Crippen molar-refractivity contribution in [3.63, 3.8) is 0 Å². The second kappa shape index (κ2) is 16.9. The molecule has 0 aromatic carbocycles. The lowest BCUT2D eigenvalue weighted by atomic mass is 10.2. The second-order valence-corrected chi connectivity index (χ2v) is 15.8. The molecule has 0 amide bonds.